The molecule has 74 heavy (non-hydrogen) atoms. The molecule has 0 saturated heterocycles. The maximum atomic E-state index is 12.4. The fraction of sp³-hybridized carbons (Fsp3) is 0.912. The normalized spacial score (nSPS) is 12.6. The van der Waals surface area contributed by atoms with Gasteiger partial charge in [-0.1, -0.05) is 327 Å². The molecule has 0 rings (SSSR count). The van der Waals surface area contributed by atoms with Crippen LogP contribution in [0.3, 0.4) is 0 Å². The van der Waals surface area contributed by atoms with Crippen molar-refractivity contribution in [3.63, 3.8) is 0 Å². The molecule has 0 aliphatic carbocycles. The molecule has 0 fully saturated rings. The number of carbonyl (C=O) groups excluding carboxylic acids is 2. The zero-order valence-electron chi connectivity index (χ0n) is 50.1. The summed E-state index contributed by atoms with van der Waals surface area (Å²) in [5.74, 6) is -0.0506. The summed E-state index contributed by atoms with van der Waals surface area (Å²) >= 11 is 0. The van der Waals surface area contributed by atoms with Gasteiger partial charge in [-0.2, -0.15) is 0 Å². The number of hydrogen-bond donors (Lipinski definition) is 3. The Morgan fingerprint density at radius 1 is 0.365 bits per heavy atom. The van der Waals surface area contributed by atoms with E-state index < -0.39 is 12.1 Å². The predicted octanol–water partition coefficient (Wildman–Crippen LogP) is 21.4. The summed E-state index contributed by atoms with van der Waals surface area (Å²) in [5, 5.41) is 23.0. The van der Waals surface area contributed by atoms with E-state index in [1.807, 2.05) is 6.08 Å². The first-order chi connectivity index (χ1) is 36.5. The molecular formula is C68H131NO5. The van der Waals surface area contributed by atoms with Gasteiger partial charge in [0.2, 0.25) is 5.91 Å². The van der Waals surface area contributed by atoms with Gasteiger partial charge in [0.1, 0.15) is 0 Å². The molecule has 438 valence electrons. The van der Waals surface area contributed by atoms with Gasteiger partial charge in [0.05, 0.1) is 25.4 Å². The highest BCUT2D eigenvalue weighted by molar-refractivity contribution is 5.76. The molecule has 0 spiro atoms. The van der Waals surface area contributed by atoms with Crippen molar-refractivity contribution in [1.82, 2.24) is 5.32 Å². The average molecular weight is 1040 g/mol. The predicted molar refractivity (Wildman–Crippen MR) is 324 cm³/mol. The highest BCUT2D eigenvalue weighted by Crippen LogP contribution is 2.18. The highest BCUT2D eigenvalue weighted by Gasteiger charge is 2.18. The van der Waals surface area contributed by atoms with E-state index in [1.54, 1.807) is 6.08 Å². The van der Waals surface area contributed by atoms with Crippen LogP contribution in [0.15, 0.2) is 24.3 Å². The first-order valence-corrected chi connectivity index (χ1v) is 33.6. The van der Waals surface area contributed by atoms with Crippen molar-refractivity contribution in [3.8, 4) is 0 Å². The molecule has 0 aliphatic rings. The fourth-order valence-corrected chi connectivity index (χ4v) is 10.6. The smallest absolute Gasteiger partial charge is 0.305 e. The van der Waals surface area contributed by atoms with E-state index in [0.717, 1.165) is 44.9 Å². The maximum absolute atomic E-state index is 12.4. The minimum Gasteiger partial charge on any atom is -0.466 e. The lowest BCUT2D eigenvalue weighted by Gasteiger charge is -2.20. The molecule has 0 heterocycles. The Labute approximate surface area is 462 Å². The Kier molecular flexibility index (Phi) is 62.4. The number of esters is 1. The monoisotopic (exact) mass is 1040 g/mol. The van der Waals surface area contributed by atoms with E-state index in [2.05, 4.69) is 31.3 Å². The molecular weight excluding hydrogens is 911 g/mol. The number of nitrogens with one attached hydrogen (secondary N) is 1. The Bertz CT molecular complexity index is 1150. The fourth-order valence-electron chi connectivity index (χ4n) is 10.6. The van der Waals surface area contributed by atoms with E-state index in [0.29, 0.717) is 19.4 Å². The van der Waals surface area contributed by atoms with Crippen molar-refractivity contribution in [3.05, 3.63) is 24.3 Å². The lowest BCUT2D eigenvalue weighted by molar-refractivity contribution is -0.143. The maximum Gasteiger partial charge on any atom is 0.305 e. The van der Waals surface area contributed by atoms with Crippen LogP contribution in [-0.4, -0.2) is 47.4 Å². The highest BCUT2D eigenvalue weighted by atomic mass is 16.5. The van der Waals surface area contributed by atoms with Crippen molar-refractivity contribution in [1.29, 1.82) is 0 Å². The molecule has 2 atom stereocenters. The van der Waals surface area contributed by atoms with E-state index in [9.17, 15) is 19.8 Å². The van der Waals surface area contributed by atoms with Gasteiger partial charge in [-0.25, -0.2) is 0 Å². The van der Waals surface area contributed by atoms with Crippen LogP contribution < -0.4 is 5.32 Å². The van der Waals surface area contributed by atoms with Crippen molar-refractivity contribution in [2.24, 2.45) is 0 Å². The standard InChI is InChI=1S/C68H131NO5/c1-3-5-7-9-11-13-15-37-42-46-50-54-58-62-68(73)74-63-59-55-51-47-43-39-36-34-32-30-28-26-24-22-20-18-16-17-19-21-23-25-27-29-31-33-35-38-41-45-49-53-57-61-67(72)69-65(64-70)66(71)60-56-52-48-44-40-14-12-10-8-6-4-2/h13,15,56,60,65-66,70-71H,3-12,14,16-55,57-59,61-64H2,1-2H3,(H,69,72)/b15-13-,60-56+. The summed E-state index contributed by atoms with van der Waals surface area (Å²) in [4.78, 5) is 24.5. The minimum absolute atomic E-state index is 0.0124. The molecule has 0 aromatic heterocycles. The summed E-state index contributed by atoms with van der Waals surface area (Å²) < 4.78 is 5.48. The van der Waals surface area contributed by atoms with Crippen LogP contribution in [-0.2, 0) is 14.3 Å². The summed E-state index contributed by atoms with van der Waals surface area (Å²) in [6.07, 6.45) is 79.8. The van der Waals surface area contributed by atoms with E-state index in [-0.39, 0.29) is 18.5 Å². The number of aliphatic hydroxyl groups excluding tert-OH is 2. The number of ether oxygens (including phenoxy) is 1. The number of unbranched alkanes of at least 4 members (excludes halogenated alkanes) is 50. The average Bonchev–Trinajstić information content (AvgIpc) is 3.40. The van der Waals surface area contributed by atoms with Gasteiger partial charge in [0.15, 0.2) is 0 Å². The summed E-state index contributed by atoms with van der Waals surface area (Å²) in [7, 11) is 0. The SMILES string of the molecule is CCCCCC/C=C\CCCCCCCC(=O)OCCCCCCCCCCCCCCCCCCCCCCCCCCCCCCCCCCCC(=O)NC(CO)C(O)/C=C/CCCCCCCCCCC. The molecule has 0 aromatic carbocycles. The largest absolute Gasteiger partial charge is 0.466 e. The number of amides is 1. The second-order valence-electron chi connectivity index (χ2n) is 23.2. The van der Waals surface area contributed by atoms with Crippen LogP contribution in [0.5, 0.6) is 0 Å². The molecule has 0 bridgehead atoms. The molecule has 2 unspecified atom stereocenters. The van der Waals surface area contributed by atoms with Gasteiger partial charge in [-0.3, -0.25) is 9.59 Å². The molecule has 0 aromatic rings. The zero-order chi connectivity index (χ0) is 53.6. The first kappa shape index (κ1) is 72.3. The van der Waals surface area contributed by atoms with Gasteiger partial charge in [-0.05, 0) is 57.8 Å². The number of allylic oxidation sites excluding steroid dienone is 3. The molecule has 0 radical (unpaired) electrons. The Morgan fingerprint density at radius 2 is 0.635 bits per heavy atom. The molecule has 0 aliphatic heterocycles. The quantitative estimate of drug-likeness (QED) is 0.0320. The zero-order valence-corrected chi connectivity index (χ0v) is 50.1. The lowest BCUT2D eigenvalue weighted by atomic mass is 10.0. The second kappa shape index (κ2) is 63.9. The Hall–Kier alpha value is -1.66. The number of carbonyl (C=O) groups is 2. The van der Waals surface area contributed by atoms with Gasteiger partial charge in [0, 0.05) is 12.8 Å². The first-order valence-electron chi connectivity index (χ1n) is 33.6. The van der Waals surface area contributed by atoms with Crippen LogP contribution in [0.2, 0.25) is 0 Å². The van der Waals surface area contributed by atoms with Crippen molar-refractivity contribution in [2.75, 3.05) is 13.2 Å². The topological polar surface area (TPSA) is 95.9 Å². The van der Waals surface area contributed by atoms with Crippen LogP contribution in [0.4, 0.5) is 0 Å². The van der Waals surface area contributed by atoms with E-state index in [4.69, 9.17) is 4.74 Å². The molecule has 6 heteroatoms. The summed E-state index contributed by atoms with van der Waals surface area (Å²) in [6.45, 7) is 4.90. The number of rotatable bonds is 63. The van der Waals surface area contributed by atoms with Gasteiger partial charge in [-0.15, -0.1) is 0 Å². The summed E-state index contributed by atoms with van der Waals surface area (Å²) in [6, 6.07) is -0.622. The minimum atomic E-state index is -0.839. The van der Waals surface area contributed by atoms with E-state index in [1.165, 1.54) is 302 Å². The Balaban J connectivity index is 3.30. The molecule has 6 nitrogen and oxygen atoms in total. The van der Waals surface area contributed by atoms with Crippen molar-refractivity contribution >= 4 is 11.9 Å². The van der Waals surface area contributed by atoms with Crippen LogP contribution >= 0.6 is 0 Å². The van der Waals surface area contributed by atoms with E-state index >= 15 is 0 Å². The molecule has 1 amide bonds. The van der Waals surface area contributed by atoms with Crippen LogP contribution in [0.1, 0.15) is 373 Å². The van der Waals surface area contributed by atoms with Gasteiger partial charge in [0.25, 0.3) is 0 Å². The third kappa shape index (κ3) is 59.6. The van der Waals surface area contributed by atoms with Crippen molar-refractivity contribution < 1.29 is 24.5 Å². The number of hydrogen-bond acceptors (Lipinski definition) is 5. The number of aliphatic hydroxyl groups is 2. The summed E-state index contributed by atoms with van der Waals surface area (Å²) in [5.41, 5.74) is 0. The van der Waals surface area contributed by atoms with Gasteiger partial charge >= 0.3 is 5.97 Å². The molecule has 0 saturated carbocycles. The second-order valence-corrected chi connectivity index (χ2v) is 23.2. The van der Waals surface area contributed by atoms with Crippen molar-refractivity contribution in [2.45, 2.75) is 386 Å². The third-order valence-corrected chi connectivity index (χ3v) is 15.7. The third-order valence-electron chi connectivity index (χ3n) is 15.7. The lowest BCUT2D eigenvalue weighted by Crippen LogP contribution is -2.45. The Morgan fingerprint density at radius 3 is 0.973 bits per heavy atom. The van der Waals surface area contributed by atoms with Crippen LogP contribution in [0.25, 0.3) is 0 Å². The molecule has 3 N–H and O–H groups in total. The van der Waals surface area contributed by atoms with Crippen LogP contribution in [0, 0.1) is 0 Å². The van der Waals surface area contributed by atoms with Gasteiger partial charge < -0.3 is 20.3 Å².